The van der Waals surface area contributed by atoms with Gasteiger partial charge in [-0.2, -0.15) is 0 Å². The number of fused-ring (bicyclic) bond motifs is 1. The second-order valence-corrected chi connectivity index (χ2v) is 5.74. The van der Waals surface area contributed by atoms with E-state index in [0.29, 0.717) is 19.5 Å². The number of nitrogens with zero attached hydrogens (tertiary/aromatic N) is 1. The molecular formula is C16H21FN2O2. The minimum absolute atomic E-state index is 0.0312. The Bertz CT molecular complexity index is 515. The van der Waals surface area contributed by atoms with Gasteiger partial charge >= 0.3 is 0 Å². The van der Waals surface area contributed by atoms with Crippen LogP contribution in [0.4, 0.5) is 4.39 Å². The van der Waals surface area contributed by atoms with Crippen molar-refractivity contribution in [1.82, 2.24) is 10.2 Å². The second kappa shape index (κ2) is 6.43. The number of nitrogens with one attached hydrogen (secondary N) is 1. The highest BCUT2D eigenvalue weighted by molar-refractivity contribution is 5.76. The van der Waals surface area contributed by atoms with Crippen molar-refractivity contribution in [1.29, 1.82) is 0 Å². The van der Waals surface area contributed by atoms with Gasteiger partial charge in [-0.05, 0) is 31.0 Å². The third-order valence-electron chi connectivity index (χ3n) is 4.11. The predicted octanol–water partition coefficient (Wildman–Crippen LogP) is 1.73. The van der Waals surface area contributed by atoms with E-state index < -0.39 is 0 Å². The van der Waals surface area contributed by atoms with Gasteiger partial charge in [-0.15, -0.1) is 0 Å². The van der Waals surface area contributed by atoms with E-state index in [4.69, 9.17) is 4.74 Å². The maximum absolute atomic E-state index is 13.1. The number of rotatable bonds is 5. The molecule has 1 N–H and O–H groups in total. The summed E-state index contributed by atoms with van der Waals surface area (Å²) in [5.41, 5.74) is 0.926. The number of amides is 1. The van der Waals surface area contributed by atoms with Gasteiger partial charge in [-0.25, -0.2) is 4.39 Å². The first-order valence-corrected chi connectivity index (χ1v) is 7.66. The maximum Gasteiger partial charge on any atom is 0.223 e. The molecule has 0 spiro atoms. The van der Waals surface area contributed by atoms with E-state index in [-0.39, 0.29) is 17.8 Å². The summed E-state index contributed by atoms with van der Waals surface area (Å²) in [4.78, 5) is 13.8. The van der Waals surface area contributed by atoms with Crippen molar-refractivity contribution in [3.8, 4) is 5.75 Å². The van der Waals surface area contributed by atoms with Crippen LogP contribution in [0.5, 0.6) is 5.75 Å². The van der Waals surface area contributed by atoms with E-state index in [1.54, 1.807) is 6.07 Å². The summed E-state index contributed by atoms with van der Waals surface area (Å²) >= 11 is 0. The molecule has 2 aliphatic heterocycles. The second-order valence-electron chi connectivity index (χ2n) is 5.74. The van der Waals surface area contributed by atoms with Crippen molar-refractivity contribution in [2.45, 2.75) is 31.8 Å². The van der Waals surface area contributed by atoms with Gasteiger partial charge in [0.05, 0.1) is 0 Å². The summed E-state index contributed by atoms with van der Waals surface area (Å²) in [7, 11) is 0. The molecule has 1 fully saturated rings. The van der Waals surface area contributed by atoms with Crippen LogP contribution in [0.3, 0.4) is 0 Å². The summed E-state index contributed by atoms with van der Waals surface area (Å²) < 4.78 is 18.9. The van der Waals surface area contributed by atoms with E-state index in [1.807, 2.05) is 4.90 Å². The number of carbonyl (C=O) groups is 1. The minimum Gasteiger partial charge on any atom is -0.488 e. The Morgan fingerprint density at radius 2 is 2.19 bits per heavy atom. The zero-order valence-electron chi connectivity index (χ0n) is 12.1. The summed E-state index contributed by atoms with van der Waals surface area (Å²) in [5, 5.41) is 3.26. The van der Waals surface area contributed by atoms with E-state index in [9.17, 15) is 9.18 Å². The molecule has 4 nitrogen and oxygen atoms in total. The zero-order chi connectivity index (χ0) is 14.7. The molecule has 2 heterocycles. The SMILES string of the molecule is O=C(CCNCC1Cc2cc(F)ccc2O1)N1CCCC1. The van der Waals surface area contributed by atoms with Crippen molar-refractivity contribution in [2.24, 2.45) is 0 Å². The third kappa shape index (κ3) is 3.53. The van der Waals surface area contributed by atoms with Crippen LogP contribution >= 0.6 is 0 Å². The number of halogens is 1. The first kappa shape index (κ1) is 14.3. The highest BCUT2D eigenvalue weighted by Gasteiger charge is 2.23. The highest BCUT2D eigenvalue weighted by Crippen LogP contribution is 2.28. The fraction of sp³-hybridized carbons (Fsp3) is 0.562. The van der Waals surface area contributed by atoms with E-state index in [2.05, 4.69) is 5.32 Å². The standard InChI is InChI=1S/C16H21FN2O2/c17-13-3-4-15-12(9-13)10-14(21-15)11-18-6-5-16(20)19-7-1-2-8-19/h3-4,9,14,18H,1-2,5-8,10-11H2. The Kier molecular flexibility index (Phi) is 4.39. The first-order chi connectivity index (χ1) is 10.2. The first-order valence-electron chi connectivity index (χ1n) is 7.66. The third-order valence-corrected chi connectivity index (χ3v) is 4.11. The summed E-state index contributed by atoms with van der Waals surface area (Å²) in [6.45, 7) is 3.17. The van der Waals surface area contributed by atoms with Crippen LogP contribution in [0.15, 0.2) is 18.2 Å². The van der Waals surface area contributed by atoms with Gasteiger partial charge in [0.15, 0.2) is 0 Å². The van der Waals surface area contributed by atoms with Crippen molar-refractivity contribution in [3.05, 3.63) is 29.6 Å². The zero-order valence-corrected chi connectivity index (χ0v) is 12.1. The molecule has 1 amide bonds. The Labute approximate surface area is 124 Å². The summed E-state index contributed by atoms with van der Waals surface area (Å²) in [6.07, 6.45) is 3.55. The van der Waals surface area contributed by atoms with Crippen LogP contribution in [0, 0.1) is 5.82 Å². The van der Waals surface area contributed by atoms with Crippen molar-refractivity contribution in [3.63, 3.8) is 0 Å². The lowest BCUT2D eigenvalue weighted by molar-refractivity contribution is -0.130. The molecule has 0 aromatic heterocycles. The fourth-order valence-electron chi connectivity index (χ4n) is 2.99. The molecule has 1 saturated heterocycles. The van der Waals surface area contributed by atoms with E-state index in [0.717, 1.165) is 43.7 Å². The van der Waals surface area contributed by atoms with Gasteiger partial charge < -0.3 is 15.0 Å². The summed E-state index contributed by atoms with van der Waals surface area (Å²) in [5.74, 6) is 0.788. The molecule has 0 saturated carbocycles. The van der Waals surface area contributed by atoms with Gasteiger partial charge in [-0.1, -0.05) is 0 Å². The molecule has 3 rings (SSSR count). The fourth-order valence-corrected chi connectivity index (χ4v) is 2.99. The number of hydrogen-bond donors (Lipinski definition) is 1. The average Bonchev–Trinajstić information content (AvgIpc) is 3.11. The number of hydrogen-bond acceptors (Lipinski definition) is 3. The Morgan fingerprint density at radius 1 is 1.38 bits per heavy atom. The lowest BCUT2D eigenvalue weighted by Gasteiger charge is -2.16. The van der Waals surface area contributed by atoms with Crippen molar-refractivity contribution in [2.75, 3.05) is 26.2 Å². The number of carbonyl (C=O) groups excluding carboxylic acids is 1. The quantitative estimate of drug-likeness (QED) is 0.840. The normalized spacial score (nSPS) is 20.4. The van der Waals surface area contributed by atoms with Crippen LogP contribution in [0.2, 0.25) is 0 Å². The largest absolute Gasteiger partial charge is 0.488 e. The molecule has 1 unspecified atom stereocenters. The van der Waals surface area contributed by atoms with Gasteiger partial charge in [0, 0.05) is 44.6 Å². The van der Waals surface area contributed by atoms with E-state index >= 15 is 0 Å². The van der Waals surface area contributed by atoms with Crippen LogP contribution in [-0.2, 0) is 11.2 Å². The number of likely N-dealkylation sites (tertiary alicyclic amines) is 1. The van der Waals surface area contributed by atoms with Crippen LogP contribution in [0.1, 0.15) is 24.8 Å². The monoisotopic (exact) mass is 292 g/mol. The molecule has 2 aliphatic rings. The lowest BCUT2D eigenvalue weighted by atomic mass is 10.1. The maximum atomic E-state index is 13.1. The Morgan fingerprint density at radius 3 is 3.00 bits per heavy atom. The molecular weight excluding hydrogens is 271 g/mol. The topological polar surface area (TPSA) is 41.6 Å². The molecule has 1 atom stereocenters. The van der Waals surface area contributed by atoms with Crippen LogP contribution in [0.25, 0.3) is 0 Å². The van der Waals surface area contributed by atoms with Crippen LogP contribution < -0.4 is 10.1 Å². The van der Waals surface area contributed by atoms with Gasteiger partial charge in [-0.3, -0.25) is 4.79 Å². The molecule has 0 radical (unpaired) electrons. The Hall–Kier alpha value is -1.62. The van der Waals surface area contributed by atoms with Gasteiger partial charge in [0.2, 0.25) is 5.91 Å². The van der Waals surface area contributed by atoms with Gasteiger partial charge in [0.25, 0.3) is 0 Å². The lowest BCUT2D eigenvalue weighted by Crippen LogP contribution is -2.34. The van der Waals surface area contributed by atoms with Crippen molar-refractivity contribution < 1.29 is 13.9 Å². The average molecular weight is 292 g/mol. The molecule has 1 aromatic carbocycles. The van der Waals surface area contributed by atoms with E-state index in [1.165, 1.54) is 12.1 Å². The number of benzene rings is 1. The molecule has 1 aromatic rings. The molecule has 114 valence electrons. The predicted molar refractivity (Wildman–Crippen MR) is 77.8 cm³/mol. The minimum atomic E-state index is -0.220. The molecule has 0 bridgehead atoms. The molecule has 21 heavy (non-hydrogen) atoms. The van der Waals surface area contributed by atoms with Crippen molar-refractivity contribution >= 4 is 5.91 Å². The van der Waals surface area contributed by atoms with Gasteiger partial charge in [0.1, 0.15) is 17.7 Å². The smallest absolute Gasteiger partial charge is 0.223 e. The molecule has 0 aliphatic carbocycles. The summed E-state index contributed by atoms with van der Waals surface area (Å²) in [6, 6.07) is 4.64. The molecule has 5 heteroatoms. The number of ether oxygens (including phenoxy) is 1. The Balaban J connectivity index is 1.36. The van der Waals surface area contributed by atoms with Crippen LogP contribution in [-0.4, -0.2) is 43.1 Å². The highest BCUT2D eigenvalue weighted by atomic mass is 19.1.